The number of amides is 1. The second-order valence-electron chi connectivity index (χ2n) is 23.7. The minimum absolute atomic E-state index is 0.0347. The van der Waals surface area contributed by atoms with E-state index in [2.05, 4.69) is 70.9 Å². The highest BCUT2D eigenvalue weighted by molar-refractivity contribution is 5.94. The van der Waals surface area contributed by atoms with Gasteiger partial charge in [0, 0.05) is 118 Å². The van der Waals surface area contributed by atoms with Crippen molar-refractivity contribution in [3.63, 3.8) is 0 Å². The van der Waals surface area contributed by atoms with Crippen LogP contribution in [0.25, 0.3) is 11.1 Å². The maximum Gasteiger partial charge on any atom is 0.264 e. The molecule has 2 aliphatic carbocycles. The van der Waals surface area contributed by atoms with Gasteiger partial charge in [0.25, 0.3) is 12.3 Å². The van der Waals surface area contributed by atoms with Crippen LogP contribution in [0.5, 0.6) is 5.75 Å². The first-order valence-corrected chi connectivity index (χ1v) is 27.4. The predicted octanol–water partition coefficient (Wildman–Crippen LogP) is 9.78. The number of carbonyl (C=O) groups is 1. The Labute approximate surface area is 441 Å². The molecule has 2 unspecified atom stereocenters. The molecule has 5 aliphatic rings. The molecular weight excluding hydrogens is 951 g/mol. The van der Waals surface area contributed by atoms with E-state index in [1.807, 2.05) is 30.0 Å². The first-order valence-electron chi connectivity index (χ1n) is 27.4. The number of aromatic nitrogens is 6. The Bertz CT molecular complexity index is 2900. The molecule has 3 aliphatic heterocycles. The minimum Gasteiger partial charge on any atom is -0.493 e. The van der Waals surface area contributed by atoms with Crippen molar-refractivity contribution in [2.45, 2.75) is 138 Å². The highest BCUT2D eigenvalue weighted by Gasteiger charge is 2.62. The molecule has 2 saturated heterocycles. The second-order valence-corrected chi connectivity index (χ2v) is 23.7. The number of unbranched alkanes of at least 4 members (excludes halogenated alkanes) is 1. The number of carbonyl (C=O) groups excluding carboxylic acids is 1. The van der Waals surface area contributed by atoms with Gasteiger partial charge < -0.3 is 30.3 Å². The minimum atomic E-state index is -2.67. The maximum atomic E-state index is 14.8. The van der Waals surface area contributed by atoms with Crippen molar-refractivity contribution in [3.8, 4) is 22.9 Å². The summed E-state index contributed by atoms with van der Waals surface area (Å²) in [7, 11) is 1.79. The number of nitrogens with one attached hydrogen (secondary N) is 2. The van der Waals surface area contributed by atoms with E-state index >= 15 is 0 Å². The topological polar surface area (TPSA) is 166 Å². The van der Waals surface area contributed by atoms with Crippen molar-refractivity contribution in [1.29, 1.82) is 5.26 Å². The van der Waals surface area contributed by atoms with Crippen molar-refractivity contribution in [1.82, 2.24) is 44.6 Å². The largest absolute Gasteiger partial charge is 0.493 e. The van der Waals surface area contributed by atoms with Gasteiger partial charge in [0.1, 0.15) is 12.0 Å². The zero-order valence-electron chi connectivity index (χ0n) is 45.2. The number of aryl methyl sites for hydroxylation is 3. The first kappa shape index (κ1) is 52.5. The van der Waals surface area contributed by atoms with Crippen LogP contribution in [0.15, 0.2) is 55.1 Å². The molecule has 1 amide bonds. The molecule has 10 rings (SSSR count). The maximum absolute atomic E-state index is 14.8. The Hall–Kier alpha value is -5.96. The summed E-state index contributed by atoms with van der Waals surface area (Å²) in [4.78, 5) is 30.3. The number of piperidine rings is 2. The number of hydrogen-bond acceptors (Lipinski definition) is 12. The summed E-state index contributed by atoms with van der Waals surface area (Å²) in [6, 6.07) is 11.4. The summed E-state index contributed by atoms with van der Waals surface area (Å²) in [6.45, 7) is 21.1. The van der Waals surface area contributed by atoms with Gasteiger partial charge in [-0.15, -0.1) is 0 Å². The smallest absolute Gasteiger partial charge is 0.264 e. The summed E-state index contributed by atoms with van der Waals surface area (Å²) >= 11 is 0. The number of fused-ring (bicyclic) bond motifs is 1. The lowest BCUT2D eigenvalue weighted by atomic mass is 9.44. The van der Waals surface area contributed by atoms with Crippen molar-refractivity contribution >= 4 is 23.4 Å². The number of nitrogens with zero attached hydrogens (tertiary/aromatic N) is 10. The number of ether oxygens (including phenoxy) is 1. The van der Waals surface area contributed by atoms with E-state index in [0.717, 1.165) is 107 Å². The normalized spacial score (nSPS) is 22.6. The molecule has 0 bridgehead atoms. The number of anilines is 3. The third kappa shape index (κ3) is 10.4. The van der Waals surface area contributed by atoms with Crippen LogP contribution < -0.4 is 20.3 Å². The molecule has 75 heavy (non-hydrogen) atoms. The number of hydrogen-bond donors (Lipinski definition) is 3. The van der Waals surface area contributed by atoms with E-state index in [9.17, 15) is 23.9 Å². The first-order chi connectivity index (χ1) is 35.9. The quantitative estimate of drug-likeness (QED) is 0.0809. The van der Waals surface area contributed by atoms with Crippen LogP contribution in [-0.2, 0) is 26.4 Å². The highest BCUT2D eigenvalue weighted by Crippen LogP contribution is 2.59. The molecule has 2 saturated carbocycles. The lowest BCUT2D eigenvalue weighted by Gasteiger charge is -2.64. The average Bonchev–Trinajstić information content (AvgIpc) is 3.93. The van der Waals surface area contributed by atoms with Crippen LogP contribution in [0.1, 0.15) is 143 Å². The highest BCUT2D eigenvalue weighted by atomic mass is 19.3. The standard InChI is InChI=1S/C58H76F2N12O3/c1-9-10-11-38-25-45(41-30-64-68(8)31-41)46(51(59)60)26-48(38)65-52-47-33-70(37(3)73)23-17-49(47)72(67-52)43-15-20-69(21-16-43)32-42-14-22-71(35-58(42)18-19-58)55-62-28-40(29-63-55)53(74)66-54-56(4,5)50(57(54,6)7)34-75-44-13-12-39(27-61)36(2)24-44/h12-13,24-26,28-31,37,42-43,50-51,54,73H,9-11,14-23,32-35H2,1-8H3,(H,65,67)(H,66,74). The van der Waals surface area contributed by atoms with Gasteiger partial charge in [-0.3, -0.25) is 19.1 Å². The zero-order chi connectivity index (χ0) is 53.0. The molecule has 0 radical (unpaired) electrons. The molecule has 6 heterocycles. The van der Waals surface area contributed by atoms with Gasteiger partial charge in [-0.25, -0.2) is 18.7 Å². The molecule has 15 nitrogen and oxygen atoms in total. The van der Waals surface area contributed by atoms with E-state index in [1.165, 1.54) is 18.5 Å². The van der Waals surface area contributed by atoms with Crippen molar-refractivity contribution in [2.24, 2.45) is 35.1 Å². The van der Waals surface area contributed by atoms with Gasteiger partial charge >= 0.3 is 0 Å². The number of rotatable bonds is 17. The molecule has 17 heteroatoms. The SMILES string of the molecule is CCCCc1cc(-c2cnn(C)c2)c(C(F)F)cc1Nc1nn(C2CCN(CC3CCN(c4ncc(C(=O)NC5C(C)(C)C(COc6ccc(C#N)c(C)c6)C5(C)C)cn4)CC34CC4)CC2)c2c1CN(C(C)O)CC2. The lowest BCUT2D eigenvalue weighted by Crippen LogP contribution is -2.71. The molecule has 1 spiro atoms. The Kier molecular flexibility index (Phi) is 14.6. The summed E-state index contributed by atoms with van der Waals surface area (Å²) < 4.78 is 39.8. The Balaban J connectivity index is 0.757. The van der Waals surface area contributed by atoms with E-state index in [1.54, 1.807) is 55.6 Å². The zero-order valence-corrected chi connectivity index (χ0v) is 45.2. The van der Waals surface area contributed by atoms with Crippen LogP contribution in [0.2, 0.25) is 0 Å². The lowest BCUT2D eigenvalue weighted by molar-refractivity contribution is -0.138. The van der Waals surface area contributed by atoms with Crippen molar-refractivity contribution in [2.75, 3.05) is 56.1 Å². The van der Waals surface area contributed by atoms with Gasteiger partial charge in [-0.1, -0.05) is 41.0 Å². The van der Waals surface area contributed by atoms with E-state index in [-0.39, 0.29) is 45.7 Å². The predicted molar refractivity (Wildman–Crippen MR) is 286 cm³/mol. The number of halogens is 2. The van der Waals surface area contributed by atoms with Gasteiger partial charge in [-0.05, 0) is 128 Å². The fourth-order valence-corrected chi connectivity index (χ4v) is 13.6. The van der Waals surface area contributed by atoms with E-state index in [4.69, 9.17) is 19.8 Å². The summed E-state index contributed by atoms with van der Waals surface area (Å²) in [5.74, 6) is 2.71. The van der Waals surface area contributed by atoms with E-state index in [0.29, 0.717) is 58.8 Å². The number of benzene rings is 2. The van der Waals surface area contributed by atoms with Crippen LogP contribution in [0, 0.1) is 46.3 Å². The van der Waals surface area contributed by atoms with Crippen molar-refractivity contribution < 1.29 is 23.4 Å². The molecular formula is C58H76F2N12O3. The summed E-state index contributed by atoms with van der Waals surface area (Å²) in [5, 5.41) is 36.5. The van der Waals surface area contributed by atoms with Gasteiger partial charge in [0.05, 0.1) is 36.0 Å². The number of likely N-dealkylation sites (tertiary alicyclic amines) is 1. The molecule has 400 valence electrons. The fourth-order valence-electron chi connectivity index (χ4n) is 13.6. The van der Waals surface area contributed by atoms with Crippen LogP contribution in [0.4, 0.5) is 26.2 Å². The second kappa shape index (κ2) is 20.9. The third-order valence-electron chi connectivity index (χ3n) is 18.1. The Morgan fingerprint density at radius 2 is 1.76 bits per heavy atom. The van der Waals surface area contributed by atoms with Gasteiger partial charge in [0.2, 0.25) is 5.95 Å². The van der Waals surface area contributed by atoms with Crippen molar-refractivity contribution in [3.05, 3.63) is 94.2 Å². The Morgan fingerprint density at radius 1 is 1.01 bits per heavy atom. The van der Waals surface area contributed by atoms with Gasteiger partial charge in [-0.2, -0.15) is 15.5 Å². The van der Waals surface area contributed by atoms with Crippen LogP contribution in [0.3, 0.4) is 0 Å². The fraction of sp³-hybridized carbons (Fsp3) is 0.586. The van der Waals surface area contributed by atoms with Crippen LogP contribution in [-0.4, -0.2) is 108 Å². The summed E-state index contributed by atoms with van der Waals surface area (Å²) in [5.41, 5.74) is 6.75. The Morgan fingerprint density at radius 3 is 2.40 bits per heavy atom. The summed E-state index contributed by atoms with van der Waals surface area (Å²) in [6.07, 6.45) is 12.2. The number of aliphatic hydroxyl groups excluding tert-OH is 1. The number of nitriles is 1. The van der Waals surface area contributed by atoms with Gasteiger partial charge in [0.15, 0.2) is 5.82 Å². The molecule has 3 aromatic heterocycles. The molecule has 4 fully saturated rings. The number of alkyl halides is 2. The molecule has 5 aromatic rings. The van der Waals surface area contributed by atoms with Crippen LogP contribution >= 0.6 is 0 Å². The van der Waals surface area contributed by atoms with E-state index < -0.39 is 12.7 Å². The third-order valence-corrected chi connectivity index (χ3v) is 18.1. The molecule has 2 atom stereocenters. The molecule has 2 aromatic carbocycles. The monoisotopic (exact) mass is 1030 g/mol. The average molecular weight is 1030 g/mol. The molecule has 3 N–H and O–H groups in total. The number of aliphatic hydroxyl groups is 1.